The Hall–Kier alpha value is -2.14. The van der Waals surface area contributed by atoms with Crippen LogP contribution in [0.25, 0.3) is 0 Å². The van der Waals surface area contributed by atoms with Crippen LogP contribution in [-0.2, 0) is 0 Å². The summed E-state index contributed by atoms with van der Waals surface area (Å²) in [4.78, 5) is 12.9. The van der Waals surface area contributed by atoms with Crippen LogP contribution < -0.4 is 14.8 Å². The minimum Gasteiger partial charge on any atom is -0.496 e. The fourth-order valence-corrected chi connectivity index (χ4v) is 2.68. The number of rotatable bonds is 7. The van der Waals surface area contributed by atoms with Crippen LogP contribution >= 0.6 is 11.8 Å². The van der Waals surface area contributed by atoms with Gasteiger partial charge in [-0.1, -0.05) is 25.5 Å². The number of unbranched alkanes of at least 4 members (excludes halogenated alkanes) is 1. The molecule has 0 aliphatic heterocycles. The van der Waals surface area contributed by atoms with E-state index in [-0.39, 0.29) is 5.24 Å². The summed E-state index contributed by atoms with van der Waals surface area (Å²) in [6.45, 7) is 2.84. The zero-order chi connectivity index (χ0) is 16.5. The van der Waals surface area contributed by atoms with Gasteiger partial charge in [-0.05, 0) is 54.6 Å². The molecule has 0 aliphatic rings. The first kappa shape index (κ1) is 17.2. The predicted octanol–water partition coefficient (Wildman–Crippen LogP) is 5.20. The second-order valence-electron chi connectivity index (χ2n) is 4.89. The Kier molecular flexibility index (Phi) is 6.81. The van der Waals surface area contributed by atoms with Crippen molar-refractivity contribution in [1.82, 2.24) is 0 Å². The second-order valence-corrected chi connectivity index (χ2v) is 5.91. The Bertz CT molecular complexity index is 628. The predicted molar refractivity (Wildman–Crippen MR) is 94.7 cm³/mol. The van der Waals surface area contributed by atoms with Gasteiger partial charge in [-0.25, -0.2) is 0 Å². The van der Waals surface area contributed by atoms with Crippen LogP contribution in [0, 0.1) is 0 Å². The molecule has 0 saturated heterocycles. The monoisotopic (exact) mass is 331 g/mol. The van der Waals surface area contributed by atoms with E-state index < -0.39 is 0 Å². The molecule has 0 bridgehead atoms. The third-order valence-corrected chi connectivity index (χ3v) is 3.98. The number of anilines is 1. The molecule has 2 aromatic carbocycles. The number of ether oxygens (including phenoxy) is 2. The first-order valence-corrected chi connectivity index (χ1v) is 8.39. The summed E-state index contributed by atoms with van der Waals surface area (Å²) < 4.78 is 10.8. The van der Waals surface area contributed by atoms with Gasteiger partial charge < -0.3 is 14.8 Å². The Labute approximate surface area is 141 Å². The summed E-state index contributed by atoms with van der Waals surface area (Å²) >= 11 is 1.10. The van der Waals surface area contributed by atoms with Crippen molar-refractivity contribution in [3.63, 3.8) is 0 Å². The van der Waals surface area contributed by atoms with Gasteiger partial charge in [0, 0.05) is 5.69 Å². The number of carbonyl (C=O) groups is 1. The molecule has 0 heterocycles. The van der Waals surface area contributed by atoms with Gasteiger partial charge in [0.2, 0.25) is 0 Å². The molecule has 1 N–H and O–H groups in total. The van der Waals surface area contributed by atoms with Gasteiger partial charge in [0.1, 0.15) is 11.5 Å². The summed E-state index contributed by atoms with van der Waals surface area (Å²) in [5, 5.41) is 2.69. The van der Waals surface area contributed by atoms with E-state index in [1.807, 2.05) is 48.5 Å². The number of carbonyl (C=O) groups excluding carboxylic acids is 1. The lowest BCUT2D eigenvalue weighted by atomic mass is 10.3. The molecule has 2 aromatic rings. The largest absolute Gasteiger partial charge is 0.496 e. The van der Waals surface area contributed by atoms with Gasteiger partial charge in [0.15, 0.2) is 0 Å². The molecular formula is C18H21NO3S. The molecular weight excluding hydrogens is 310 g/mol. The zero-order valence-electron chi connectivity index (χ0n) is 13.4. The average Bonchev–Trinajstić information content (AvgIpc) is 2.57. The van der Waals surface area contributed by atoms with Gasteiger partial charge in [0.25, 0.3) is 5.24 Å². The van der Waals surface area contributed by atoms with Crippen molar-refractivity contribution in [1.29, 1.82) is 0 Å². The third kappa shape index (κ3) is 5.53. The standard InChI is InChI=1S/C18H21NO3S/c1-3-4-13-22-15-11-9-14(10-12-15)19-18(20)23-17-8-6-5-7-16(17)21-2/h5-12H,3-4,13H2,1-2H3,(H,19,20). The number of thioether (sulfide) groups is 1. The highest BCUT2D eigenvalue weighted by Crippen LogP contribution is 2.30. The molecule has 0 spiro atoms. The van der Waals surface area contributed by atoms with Crippen molar-refractivity contribution >= 4 is 22.7 Å². The van der Waals surface area contributed by atoms with E-state index in [0.29, 0.717) is 12.4 Å². The highest BCUT2D eigenvalue weighted by Gasteiger charge is 2.09. The molecule has 0 aromatic heterocycles. The first-order chi connectivity index (χ1) is 11.2. The SMILES string of the molecule is CCCCOc1ccc(NC(=O)Sc2ccccc2OC)cc1. The normalized spacial score (nSPS) is 10.2. The molecule has 4 nitrogen and oxygen atoms in total. The molecule has 0 unspecified atom stereocenters. The highest BCUT2D eigenvalue weighted by molar-refractivity contribution is 8.14. The van der Waals surface area contributed by atoms with E-state index in [0.717, 1.165) is 40.9 Å². The number of hydrogen-bond acceptors (Lipinski definition) is 4. The molecule has 0 aliphatic carbocycles. The van der Waals surface area contributed by atoms with E-state index in [1.165, 1.54) is 0 Å². The summed E-state index contributed by atoms with van der Waals surface area (Å²) in [5.41, 5.74) is 0.736. The lowest BCUT2D eigenvalue weighted by molar-refractivity contribution is 0.269. The molecule has 5 heteroatoms. The van der Waals surface area contributed by atoms with Crippen LogP contribution in [0.4, 0.5) is 10.5 Å². The molecule has 0 radical (unpaired) electrons. The van der Waals surface area contributed by atoms with Gasteiger partial charge in [-0.2, -0.15) is 0 Å². The van der Waals surface area contributed by atoms with E-state index in [2.05, 4.69) is 12.2 Å². The minimum atomic E-state index is -0.158. The van der Waals surface area contributed by atoms with E-state index in [1.54, 1.807) is 7.11 Å². The lowest BCUT2D eigenvalue weighted by Crippen LogP contribution is -2.05. The van der Waals surface area contributed by atoms with Crippen molar-refractivity contribution in [2.75, 3.05) is 19.0 Å². The van der Waals surface area contributed by atoms with Crippen LogP contribution in [0.1, 0.15) is 19.8 Å². The van der Waals surface area contributed by atoms with Crippen LogP contribution in [-0.4, -0.2) is 19.0 Å². The zero-order valence-corrected chi connectivity index (χ0v) is 14.2. The Morgan fingerprint density at radius 1 is 1.13 bits per heavy atom. The molecule has 0 fully saturated rings. The van der Waals surface area contributed by atoms with Crippen LogP contribution in [0.3, 0.4) is 0 Å². The Balaban J connectivity index is 1.90. The molecule has 23 heavy (non-hydrogen) atoms. The van der Waals surface area contributed by atoms with Crippen molar-refractivity contribution in [3.8, 4) is 11.5 Å². The molecule has 2 rings (SSSR count). The quantitative estimate of drug-likeness (QED) is 0.559. The third-order valence-electron chi connectivity index (χ3n) is 3.14. The number of nitrogens with one attached hydrogen (secondary N) is 1. The van der Waals surface area contributed by atoms with Crippen molar-refractivity contribution < 1.29 is 14.3 Å². The summed E-state index contributed by atoms with van der Waals surface area (Å²) in [6, 6.07) is 14.8. The fourth-order valence-electron chi connectivity index (χ4n) is 1.92. The van der Waals surface area contributed by atoms with Crippen molar-refractivity contribution in [2.24, 2.45) is 0 Å². The summed E-state index contributed by atoms with van der Waals surface area (Å²) in [5.74, 6) is 1.50. The fraction of sp³-hybridized carbons (Fsp3) is 0.278. The lowest BCUT2D eigenvalue weighted by Gasteiger charge is -2.09. The molecule has 0 atom stereocenters. The minimum absolute atomic E-state index is 0.158. The van der Waals surface area contributed by atoms with Crippen molar-refractivity contribution in [3.05, 3.63) is 48.5 Å². The number of methoxy groups -OCH3 is 1. The Morgan fingerprint density at radius 3 is 2.57 bits per heavy atom. The smallest absolute Gasteiger partial charge is 0.288 e. The number of benzene rings is 2. The van der Waals surface area contributed by atoms with Gasteiger partial charge in [0.05, 0.1) is 18.6 Å². The number of amides is 1. The van der Waals surface area contributed by atoms with Crippen molar-refractivity contribution in [2.45, 2.75) is 24.7 Å². The van der Waals surface area contributed by atoms with Gasteiger partial charge >= 0.3 is 0 Å². The maximum absolute atomic E-state index is 12.1. The van der Waals surface area contributed by atoms with E-state index in [9.17, 15) is 4.79 Å². The summed E-state index contributed by atoms with van der Waals surface area (Å²) in [6.07, 6.45) is 2.14. The number of hydrogen-bond donors (Lipinski definition) is 1. The molecule has 0 saturated carbocycles. The first-order valence-electron chi connectivity index (χ1n) is 7.57. The van der Waals surface area contributed by atoms with Gasteiger partial charge in [-0.3, -0.25) is 4.79 Å². The highest BCUT2D eigenvalue weighted by atomic mass is 32.2. The average molecular weight is 331 g/mol. The topological polar surface area (TPSA) is 47.6 Å². The molecule has 122 valence electrons. The van der Waals surface area contributed by atoms with Gasteiger partial charge in [-0.15, -0.1) is 0 Å². The maximum Gasteiger partial charge on any atom is 0.288 e. The maximum atomic E-state index is 12.1. The van der Waals surface area contributed by atoms with Crippen LogP contribution in [0.15, 0.2) is 53.4 Å². The second kappa shape index (κ2) is 9.10. The Morgan fingerprint density at radius 2 is 1.87 bits per heavy atom. The number of para-hydroxylation sites is 1. The summed E-state index contributed by atoms with van der Waals surface area (Å²) in [7, 11) is 1.59. The molecule has 1 amide bonds. The van der Waals surface area contributed by atoms with Crippen LogP contribution in [0.5, 0.6) is 11.5 Å². The van der Waals surface area contributed by atoms with E-state index >= 15 is 0 Å². The van der Waals surface area contributed by atoms with E-state index in [4.69, 9.17) is 9.47 Å². The van der Waals surface area contributed by atoms with Crippen LogP contribution in [0.2, 0.25) is 0 Å².